The number of benzene rings is 4. The Morgan fingerprint density at radius 1 is 0.875 bits per heavy atom. The van der Waals surface area contributed by atoms with Crippen LogP contribution in [0.25, 0.3) is 10.8 Å². The molecule has 0 atom stereocenters. The first-order valence-corrected chi connectivity index (χ1v) is 10.7. The van der Waals surface area contributed by atoms with Crippen molar-refractivity contribution in [2.24, 2.45) is 5.10 Å². The highest BCUT2D eigenvalue weighted by Crippen LogP contribution is 2.20. The van der Waals surface area contributed by atoms with Crippen LogP contribution in [0.5, 0.6) is 5.75 Å². The molecule has 4 aromatic rings. The summed E-state index contributed by atoms with van der Waals surface area (Å²) in [6.45, 7) is 0. The SMILES string of the molecule is O=C(Cc1cccc2ccccc12)NN=Cc1ccc(OC(=O)c2ccccc2Br)cc1. The van der Waals surface area contributed by atoms with E-state index in [4.69, 9.17) is 4.74 Å². The average Bonchev–Trinajstić information content (AvgIpc) is 2.81. The van der Waals surface area contributed by atoms with E-state index in [0.717, 1.165) is 21.9 Å². The van der Waals surface area contributed by atoms with Crippen LogP contribution in [0.4, 0.5) is 0 Å². The lowest BCUT2D eigenvalue weighted by Crippen LogP contribution is -2.19. The molecule has 0 fully saturated rings. The number of fused-ring (bicyclic) bond motifs is 1. The summed E-state index contributed by atoms with van der Waals surface area (Å²) in [5, 5.41) is 6.19. The van der Waals surface area contributed by atoms with Gasteiger partial charge in [-0.25, -0.2) is 10.2 Å². The van der Waals surface area contributed by atoms with Gasteiger partial charge in [-0.3, -0.25) is 4.79 Å². The van der Waals surface area contributed by atoms with Gasteiger partial charge in [-0.05, 0) is 74.2 Å². The monoisotopic (exact) mass is 486 g/mol. The summed E-state index contributed by atoms with van der Waals surface area (Å²) in [6, 6.07) is 27.8. The summed E-state index contributed by atoms with van der Waals surface area (Å²) in [5.74, 6) is -0.223. The largest absolute Gasteiger partial charge is 0.423 e. The minimum Gasteiger partial charge on any atom is -0.423 e. The van der Waals surface area contributed by atoms with Gasteiger partial charge in [-0.15, -0.1) is 0 Å². The predicted molar refractivity (Wildman–Crippen MR) is 129 cm³/mol. The summed E-state index contributed by atoms with van der Waals surface area (Å²) in [5.41, 5.74) is 4.72. The van der Waals surface area contributed by atoms with Crippen molar-refractivity contribution in [1.82, 2.24) is 5.43 Å². The molecule has 0 unspecified atom stereocenters. The van der Waals surface area contributed by atoms with Crippen LogP contribution >= 0.6 is 15.9 Å². The van der Waals surface area contributed by atoms with Crippen molar-refractivity contribution < 1.29 is 14.3 Å². The molecule has 0 saturated carbocycles. The van der Waals surface area contributed by atoms with E-state index >= 15 is 0 Å². The van der Waals surface area contributed by atoms with Crippen LogP contribution in [0.15, 0.2) is 101 Å². The molecule has 0 bridgehead atoms. The van der Waals surface area contributed by atoms with Crippen LogP contribution in [-0.4, -0.2) is 18.1 Å². The van der Waals surface area contributed by atoms with Crippen molar-refractivity contribution in [2.45, 2.75) is 6.42 Å². The Morgan fingerprint density at radius 2 is 1.59 bits per heavy atom. The van der Waals surface area contributed by atoms with Crippen LogP contribution in [0.1, 0.15) is 21.5 Å². The lowest BCUT2D eigenvalue weighted by Gasteiger charge is -2.06. The Morgan fingerprint density at radius 3 is 2.41 bits per heavy atom. The standard InChI is InChI=1S/C26H19BrN2O3/c27-24-11-4-3-10-23(24)26(31)32-21-14-12-18(13-15-21)17-28-29-25(30)16-20-8-5-7-19-6-1-2-9-22(19)20/h1-15,17H,16H2,(H,29,30). The van der Waals surface area contributed by atoms with Gasteiger partial charge in [0.15, 0.2) is 0 Å². The molecule has 6 heteroatoms. The zero-order valence-electron chi connectivity index (χ0n) is 17.0. The van der Waals surface area contributed by atoms with E-state index in [9.17, 15) is 9.59 Å². The highest BCUT2D eigenvalue weighted by atomic mass is 79.9. The van der Waals surface area contributed by atoms with Gasteiger partial charge in [-0.1, -0.05) is 54.6 Å². The number of hydrazone groups is 1. The van der Waals surface area contributed by atoms with Gasteiger partial charge in [-0.2, -0.15) is 5.10 Å². The molecule has 32 heavy (non-hydrogen) atoms. The third-order valence-corrected chi connectivity index (χ3v) is 5.51. The van der Waals surface area contributed by atoms with E-state index in [1.807, 2.05) is 48.5 Å². The van der Waals surface area contributed by atoms with Gasteiger partial charge >= 0.3 is 5.97 Å². The Kier molecular flexibility index (Phi) is 6.72. The van der Waals surface area contributed by atoms with Gasteiger partial charge in [0.1, 0.15) is 5.75 Å². The second-order valence-corrected chi connectivity index (χ2v) is 7.90. The summed E-state index contributed by atoms with van der Waals surface area (Å²) in [6.07, 6.45) is 1.78. The molecule has 4 rings (SSSR count). The van der Waals surface area contributed by atoms with E-state index in [-0.39, 0.29) is 12.3 Å². The Labute approximate surface area is 193 Å². The Balaban J connectivity index is 1.33. The third-order valence-electron chi connectivity index (χ3n) is 4.82. The lowest BCUT2D eigenvalue weighted by molar-refractivity contribution is -0.120. The Bertz CT molecular complexity index is 1290. The third kappa shape index (κ3) is 5.28. The van der Waals surface area contributed by atoms with Crippen molar-refractivity contribution in [3.05, 3.63) is 112 Å². The van der Waals surface area contributed by atoms with Gasteiger partial charge in [0.25, 0.3) is 0 Å². The van der Waals surface area contributed by atoms with E-state index in [1.54, 1.807) is 48.7 Å². The van der Waals surface area contributed by atoms with Gasteiger partial charge in [0.05, 0.1) is 18.2 Å². The first-order valence-electron chi connectivity index (χ1n) is 9.95. The molecule has 0 aliphatic carbocycles. The zero-order chi connectivity index (χ0) is 22.3. The van der Waals surface area contributed by atoms with E-state index < -0.39 is 5.97 Å². The summed E-state index contributed by atoms with van der Waals surface area (Å²) < 4.78 is 6.07. The van der Waals surface area contributed by atoms with Crippen LogP contribution in [0.2, 0.25) is 0 Å². The van der Waals surface area contributed by atoms with Crippen molar-refractivity contribution in [3.8, 4) is 5.75 Å². The molecule has 1 amide bonds. The van der Waals surface area contributed by atoms with Crippen LogP contribution in [0, 0.1) is 0 Å². The maximum Gasteiger partial charge on any atom is 0.344 e. The van der Waals surface area contributed by atoms with E-state index in [0.29, 0.717) is 15.8 Å². The number of halogens is 1. The molecular formula is C26H19BrN2O3. The molecule has 158 valence electrons. The molecular weight excluding hydrogens is 468 g/mol. The van der Waals surface area contributed by atoms with Crippen molar-refractivity contribution in [3.63, 3.8) is 0 Å². The number of rotatable bonds is 6. The lowest BCUT2D eigenvalue weighted by atomic mass is 10.0. The van der Waals surface area contributed by atoms with Crippen LogP contribution in [0.3, 0.4) is 0 Å². The molecule has 0 aliphatic heterocycles. The normalized spacial score (nSPS) is 10.9. The smallest absolute Gasteiger partial charge is 0.344 e. The van der Waals surface area contributed by atoms with E-state index in [1.165, 1.54) is 0 Å². The fourth-order valence-corrected chi connectivity index (χ4v) is 3.70. The number of nitrogens with zero attached hydrogens (tertiary/aromatic N) is 1. The molecule has 4 aromatic carbocycles. The second kappa shape index (κ2) is 10.0. The summed E-state index contributed by atoms with van der Waals surface area (Å²) >= 11 is 3.34. The second-order valence-electron chi connectivity index (χ2n) is 7.05. The molecule has 1 N–H and O–H groups in total. The molecule has 5 nitrogen and oxygen atoms in total. The molecule has 0 saturated heterocycles. The highest BCUT2D eigenvalue weighted by Gasteiger charge is 2.11. The fraction of sp³-hybridized carbons (Fsp3) is 0.0385. The zero-order valence-corrected chi connectivity index (χ0v) is 18.6. The van der Waals surface area contributed by atoms with E-state index in [2.05, 4.69) is 26.5 Å². The molecule has 0 spiro atoms. The Hall–Kier alpha value is -3.77. The number of carbonyl (C=O) groups is 2. The molecule has 0 heterocycles. The number of esters is 1. The topological polar surface area (TPSA) is 67.8 Å². The molecule has 0 aliphatic rings. The first-order chi connectivity index (χ1) is 15.6. The molecule has 0 aromatic heterocycles. The minimum atomic E-state index is -0.445. The number of ether oxygens (including phenoxy) is 1. The summed E-state index contributed by atoms with van der Waals surface area (Å²) in [7, 11) is 0. The predicted octanol–water partition coefficient (Wildman–Crippen LogP) is 5.51. The summed E-state index contributed by atoms with van der Waals surface area (Å²) in [4.78, 5) is 24.6. The van der Waals surface area contributed by atoms with Crippen molar-refractivity contribution in [1.29, 1.82) is 0 Å². The van der Waals surface area contributed by atoms with Gasteiger partial charge in [0, 0.05) is 4.47 Å². The maximum atomic E-state index is 12.3. The average molecular weight is 487 g/mol. The van der Waals surface area contributed by atoms with Crippen molar-refractivity contribution >= 4 is 44.8 Å². The maximum absolute atomic E-state index is 12.3. The molecule has 0 radical (unpaired) electrons. The number of amides is 1. The quantitative estimate of drug-likeness (QED) is 0.169. The number of carbonyl (C=O) groups excluding carboxylic acids is 2. The van der Waals surface area contributed by atoms with Crippen molar-refractivity contribution in [2.75, 3.05) is 0 Å². The van der Waals surface area contributed by atoms with Gasteiger partial charge in [0.2, 0.25) is 5.91 Å². The minimum absolute atomic E-state index is 0.198. The first kappa shape index (κ1) is 21.5. The highest BCUT2D eigenvalue weighted by molar-refractivity contribution is 9.10. The van der Waals surface area contributed by atoms with Crippen LogP contribution < -0.4 is 10.2 Å². The number of hydrogen-bond donors (Lipinski definition) is 1. The number of hydrogen-bond acceptors (Lipinski definition) is 4. The fourth-order valence-electron chi connectivity index (χ4n) is 3.25. The van der Waals surface area contributed by atoms with Crippen LogP contribution in [-0.2, 0) is 11.2 Å². The number of nitrogens with one attached hydrogen (secondary N) is 1. The van der Waals surface area contributed by atoms with Gasteiger partial charge < -0.3 is 4.74 Å².